The number of carboxylic acid groups (broad SMARTS) is 1. The zero-order valence-corrected chi connectivity index (χ0v) is 11.9. The summed E-state index contributed by atoms with van der Waals surface area (Å²) in [7, 11) is 0. The van der Waals surface area contributed by atoms with E-state index in [4.69, 9.17) is 5.11 Å². The number of nitrogens with zero attached hydrogens (tertiary/aromatic N) is 1. The van der Waals surface area contributed by atoms with Crippen molar-refractivity contribution < 1.29 is 9.90 Å². The van der Waals surface area contributed by atoms with E-state index in [0.717, 1.165) is 17.3 Å². The standard InChI is InChI=1S/C16H17NO2S/c18-16(19)11-12-20-13-17(14-7-3-1-4-8-14)15-9-5-2-6-10-15/h1-10H,11-13H2,(H,18,19). The van der Waals surface area contributed by atoms with E-state index in [2.05, 4.69) is 29.2 Å². The van der Waals surface area contributed by atoms with Gasteiger partial charge in [0.1, 0.15) is 0 Å². The van der Waals surface area contributed by atoms with Crippen molar-refractivity contribution in [1.82, 2.24) is 0 Å². The molecule has 0 atom stereocenters. The van der Waals surface area contributed by atoms with E-state index >= 15 is 0 Å². The molecule has 0 spiro atoms. The molecule has 2 aromatic rings. The van der Waals surface area contributed by atoms with Crippen molar-refractivity contribution in [3.8, 4) is 0 Å². The largest absolute Gasteiger partial charge is 0.481 e. The molecule has 0 aliphatic carbocycles. The van der Waals surface area contributed by atoms with Gasteiger partial charge < -0.3 is 10.0 Å². The van der Waals surface area contributed by atoms with Crippen LogP contribution in [0, 0.1) is 0 Å². The second-order valence-corrected chi connectivity index (χ2v) is 5.35. The zero-order chi connectivity index (χ0) is 14.2. The Kier molecular flexibility index (Phi) is 5.50. The highest BCUT2D eigenvalue weighted by molar-refractivity contribution is 7.99. The van der Waals surface area contributed by atoms with Crippen molar-refractivity contribution in [2.24, 2.45) is 0 Å². The summed E-state index contributed by atoms with van der Waals surface area (Å²) >= 11 is 1.62. The second kappa shape index (κ2) is 7.60. The Balaban J connectivity index is 2.07. The fourth-order valence-corrected chi connectivity index (χ4v) is 2.76. The van der Waals surface area contributed by atoms with Crippen LogP contribution < -0.4 is 4.90 Å². The van der Waals surface area contributed by atoms with E-state index in [1.54, 1.807) is 11.8 Å². The van der Waals surface area contributed by atoms with Gasteiger partial charge in [0.15, 0.2) is 0 Å². The normalized spacial score (nSPS) is 10.2. The molecular weight excluding hydrogens is 270 g/mol. The van der Waals surface area contributed by atoms with Gasteiger partial charge in [-0.15, -0.1) is 11.8 Å². The summed E-state index contributed by atoms with van der Waals surface area (Å²) in [5.41, 5.74) is 2.23. The monoisotopic (exact) mass is 287 g/mol. The van der Waals surface area contributed by atoms with Crippen LogP contribution in [0.15, 0.2) is 60.7 Å². The summed E-state index contributed by atoms with van der Waals surface area (Å²) in [6, 6.07) is 20.3. The van der Waals surface area contributed by atoms with Crippen molar-refractivity contribution in [1.29, 1.82) is 0 Å². The van der Waals surface area contributed by atoms with Crippen LogP contribution >= 0.6 is 11.8 Å². The summed E-state index contributed by atoms with van der Waals surface area (Å²) in [5.74, 6) is 0.607. The Morgan fingerprint density at radius 3 is 1.90 bits per heavy atom. The van der Waals surface area contributed by atoms with Crippen LogP contribution in [0.3, 0.4) is 0 Å². The molecule has 0 amide bonds. The van der Waals surface area contributed by atoms with Gasteiger partial charge in [0, 0.05) is 17.1 Å². The van der Waals surface area contributed by atoms with Crippen LogP contribution in [0.2, 0.25) is 0 Å². The zero-order valence-electron chi connectivity index (χ0n) is 11.1. The fourth-order valence-electron chi connectivity index (χ4n) is 1.83. The highest BCUT2D eigenvalue weighted by Gasteiger charge is 2.08. The molecule has 0 saturated heterocycles. The number of aliphatic carboxylic acids is 1. The molecule has 0 fully saturated rings. The number of carboxylic acids is 1. The third-order valence-electron chi connectivity index (χ3n) is 2.82. The Bertz CT molecular complexity index is 491. The van der Waals surface area contributed by atoms with Gasteiger partial charge in [-0.2, -0.15) is 0 Å². The van der Waals surface area contributed by atoms with Gasteiger partial charge in [-0.1, -0.05) is 36.4 Å². The van der Waals surface area contributed by atoms with Crippen LogP contribution in [0.5, 0.6) is 0 Å². The van der Waals surface area contributed by atoms with Crippen LogP contribution in [-0.4, -0.2) is 22.7 Å². The first kappa shape index (κ1) is 14.5. The average molecular weight is 287 g/mol. The van der Waals surface area contributed by atoms with E-state index in [1.807, 2.05) is 36.4 Å². The first-order valence-electron chi connectivity index (χ1n) is 6.44. The highest BCUT2D eigenvalue weighted by atomic mass is 32.2. The Hall–Kier alpha value is -1.94. The smallest absolute Gasteiger partial charge is 0.304 e. The molecule has 4 heteroatoms. The third kappa shape index (κ3) is 4.31. The third-order valence-corrected chi connectivity index (χ3v) is 3.75. The predicted octanol–water partition coefficient (Wildman–Crippen LogP) is 3.99. The minimum absolute atomic E-state index is 0.197. The number of thioether (sulfide) groups is 1. The quantitative estimate of drug-likeness (QED) is 0.617. The minimum atomic E-state index is -0.747. The van der Waals surface area contributed by atoms with Crippen molar-refractivity contribution in [3.63, 3.8) is 0 Å². The van der Waals surface area contributed by atoms with Gasteiger partial charge >= 0.3 is 5.97 Å². The van der Waals surface area contributed by atoms with Crippen molar-refractivity contribution in [3.05, 3.63) is 60.7 Å². The molecule has 2 rings (SSSR count). The molecule has 0 heterocycles. The Labute approximate surface area is 123 Å². The highest BCUT2D eigenvalue weighted by Crippen LogP contribution is 2.27. The molecule has 3 nitrogen and oxygen atoms in total. The molecule has 0 saturated carbocycles. The van der Waals surface area contributed by atoms with E-state index in [-0.39, 0.29) is 6.42 Å². The van der Waals surface area contributed by atoms with Crippen LogP contribution in [0.1, 0.15) is 6.42 Å². The lowest BCUT2D eigenvalue weighted by Gasteiger charge is -2.24. The summed E-state index contributed by atoms with van der Waals surface area (Å²) in [4.78, 5) is 12.7. The molecule has 104 valence electrons. The fraction of sp³-hybridized carbons (Fsp3) is 0.188. The number of hydrogen-bond donors (Lipinski definition) is 1. The summed E-state index contributed by atoms with van der Waals surface area (Å²) < 4.78 is 0. The van der Waals surface area contributed by atoms with Gasteiger partial charge in [0.2, 0.25) is 0 Å². The van der Waals surface area contributed by atoms with Crippen LogP contribution in [-0.2, 0) is 4.79 Å². The number of para-hydroxylation sites is 2. The van der Waals surface area contributed by atoms with Gasteiger partial charge in [-0.3, -0.25) is 4.79 Å². The number of carbonyl (C=O) groups is 1. The lowest BCUT2D eigenvalue weighted by molar-refractivity contribution is -0.136. The van der Waals surface area contributed by atoms with Gasteiger partial charge in [-0.25, -0.2) is 0 Å². The molecule has 0 aliphatic rings. The minimum Gasteiger partial charge on any atom is -0.481 e. The van der Waals surface area contributed by atoms with Gasteiger partial charge in [0.25, 0.3) is 0 Å². The number of hydrogen-bond acceptors (Lipinski definition) is 3. The molecule has 0 unspecified atom stereocenters. The number of rotatable bonds is 7. The van der Waals surface area contributed by atoms with E-state index in [9.17, 15) is 4.79 Å². The Morgan fingerprint density at radius 2 is 1.45 bits per heavy atom. The maximum Gasteiger partial charge on any atom is 0.304 e. The molecule has 0 aliphatic heterocycles. The average Bonchev–Trinajstić information content (AvgIpc) is 2.49. The Morgan fingerprint density at radius 1 is 0.950 bits per heavy atom. The summed E-state index contributed by atoms with van der Waals surface area (Å²) in [6.45, 7) is 0. The molecule has 0 radical (unpaired) electrons. The second-order valence-electron chi connectivity index (χ2n) is 4.28. The van der Waals surface area contributed by atoms with E-state index in [0.29, 0.717) is 5.75 Å². The first-order valence-corrected chi connectivity index (χ1v) is 7.60. The molecule has 0 aromatic heterocycles. The maximum atomic E-state index is 10.6. The van der Waals surface area contributed by atoms with Crippen molar-refractivity contribution in [2.75, 3.05) is 16.5 Å². The lowest BCUT2D eigenvalue weighted by Crippen LogP contribution is -2.16. The molecule has 1 N–H and O–H groups in total. The summed E-state index contributed by atoms with van der Waals surface area (Å²) in [5, 5.41) is 8.69. The van der Waals surface area contributed by atoms with Crippen LogP contribution in [0.4, 0.5) is 11.4 Å². The lowest BCUT2D eigenvalue weighted by atomic mass is 10.2. The first-order chi connectivity index (χ1) is 9.77. The number of benzene rings is 2. The molecule has 2 aromatic carbocycles. The van der Waals surface area contributed by atoms with Crippen molar-refractivity contribution in [2.45, 2.75) is 6.42 Å². The molecular formula is C16H17NO2S. The predicted molar refractivity (Wildman–Crippen MR) is 84.6 cm³/mol. The SMILES string of the molecule is O=C(O)CCSCN(c1ccccc1)c1ccccc1. The van der Waals surface area contributed by atoms with E-state index in [1.165, 1.54) is 0 Å². The van der Waals surface area contributed by atoms with Crippen LogP contribution in [0.25, 0.3) is 0 Å². The molecule has 20 heavy (non-hydrogen) atoms. The van der Waals surface area contributed by atoms with Gasteiger partial charge in [-0.05, 0) is 24.3 Å². The summed E-state index contributed by atoms with van der Waals surface area (Å²) in [6.07, 6.45) is 0.197. The molecule has 0 bridgehead atoms. The maximum absolute atomic E-state index is 10.6. The number of anilines is 2. The van der Waals surface area contributed by atoms with E-state index < -0.39 is 5.97 Å². The topological polar surface area (TPSA) is 40.5 Å². The van der Waals surface area contributed by atoms with Gasteiger partial charge in [0.05, 0.1) is 12.3 Å². The van der Waals surface area contributed by atoms with Crippen molar-refractivity contribution >= 4 is 29.1 Å².